The maximum atomic E-state index is 5.90. The van der Waals surface area contributed by atoms with Crippen LogP contribution >= 0.6 is 34.2 Å². The van der Waals surface area contributed by atoms with Crippen LogP contribution in [-0.2, 0) is 36.5 Å². The van der Waals surface area contributed by atoms with E-state index in [1.165, 1.54) is 144 Å². The van der Waals surface area contributed by atoms with E-state index in [1.807, 2.05) is 0 Å². The van der Waals surface area contributed by atoms with Gasteiger partial charge < -0.3 is 24.0 Å². The molecule has 0 heterocycles. The van der Waals surface area contributed by atoms with E-state index in [0.29, 0.717) is 0 Å². The molecule has 58 heavy (non-hydrogen) atoms. The first-order valence-electron chi connectivity index (χ1n) is 21.4. The molecule has 292 valence electrons. The molecule has 0 nitrogen and oxygen atoms in total. The van der Waals surface area contributed by atoms with Gasteiger partial charge >= 0.3 is 29.6 Å². The fraction of sp³-hybridized carbons (Fsp3) is 0.333. The molecular formula is C54H54ClI2Na. The van der Waals surface area contributed by atoms with E-state index in [1.54, 1.807) is 22.3 Å². The van der Waals surface area contributed by atoms with Crippen molar-refractivity contribution in [1.82, 2.24) is 0 Å². The Bertz CT molecular complexity index is 2090. The fourth-order valence-corrected chi connectivity index (χ4v) is 11.4. The molecule has 0 radical (unpaired) electrons. The molecule has 0 spiro atoms. The molecule has 10 rings (SSSR count). The molecule has 0 saturated heterocycles. The Balaban J connectivity index is 0.000000171. The summed E-state index contributed by atoms with van der Waals surface area (Å²) in [6, 6.07) is 51.1. The number of rotatable bonds is 14. The fourth-order valence-electron chi connectivity index (χ4n) is 10.7. The summed E-state index contributed by atoms with van der Waals surface area (Å²) in [7, 11) is 0. The van der Waals surface area contributed by atoms with Gasteiger partial charge in [-0.15, -0.1) is 11.6 Å². The standard InChI is InChI=1S/C27H27Cl.C27H27I.HI.Na/c2*28-18-8-2-1-7-17-27(22-16-15-20-13-14-21(20)19-22)25-11-5-3-9-23(25)24-10-4-6-12-26(24)27;;/h2*3-6,9-12,15-16,19H,1-2,7-8,13-14,17-18H2;1H;/q;;;+1/p-1. The summed E-state index contributed by atoms with van der Waals surface area (Å²) in [5.74, 6) is 0.779. The van der Waals surface area contributed by atoms with Gasteiger partial charge in [0, 0.05) is 16.7 Å². The Morgan fingerprint density at radius 2 is 0.759 bits per heavy atom. The summed E-state index contributed by atoms with van der Waals surface area (Å²) >= 11 is 8.41. The largest absolute Gasteiger partial charge is 1.00 e. The SMILES string of the molecule is ClCCCCCCC1(c2ccc3c(c2)CC3)c2ccccc2-c2ccccc21.ICCCCCCC1(c2ccc3c(c2)CC3)c2ccccc2-c2ccccc21.[I-].[Na+]. The van der Waals surface area contributed by atoms with Crippen molar-refractivity contribution in [3.8, 4) is 22.3 Å². The smallest absolute Gasteiger partial charge is 1.00 e. The van der Waals surface area contributed by atoms with Gasteiger partial charge in [0.2, 0.25) is 0 Å². The average molecular weight is 1020 g/mol. The molecule has 0 aliphatic heterocycles. The number of unbranched alkanes of at least 4 members (excludes halogenated alkanes) is 6. The van der Waals surface area contributed by atoms with Crippen molar-refractivity contribution in [3.63, 3.8) is 0 Å². The summed E-state index contributed by atoms with van der Waals surface area (Å²) in [5.41, 5.74) is 21.0. The second kappa shape index (κ2) is 19.8. The van der Waals surface area contributed by atoms with Crippen LogP contribution in [0.1, 0.15) is 120 Å². The molecular weight excluding hydrogens is 961 g/mol. The van der Waals surface area contributed by atoms with Crippen molar-refractivity contribution >= 4 is 34.2 Å². The van der Waals surface area contributed by atoms with Gasteiger partial charge in [-0.25, -0.2) is 0 Å². The molecule has 6 aromatic rings. The average Bonchev–Trinajstić information content (AvgIpc) is 3.67. The van der Waals surface area contributed by atoms with Crippen molar-refractivity contribution in [2.75, 3.05) is 10.3 Å². The van der Waals surface area contributed by atoms with Crippen LogP contribution in [0.5, 0.6) is 0 Å². The van der Waals surface area contributed by atoms with Gasteiger partial charge in [-0.2, -0.15) is 0 Å². The number of hydrogen-bond donors (Lipinski definition) is 0. The van der Waals surface area contributed by atoms with Crippen LogP contribution in [0, 0.1) is 0 Å². The van der Waals surface area contributed by atoms with Gasteiger partial charge in [-0.05, 0) is 134 Å². The third kappa shape index (κ3) is 7.99. The number of benzene rings is 6. The molecule has 4 aliphatic carbocycles. The number of hydrogen-bond acceptors (Lipinski definition) is 0. The Kier molecular flexibility index (Phi) is 15.1. The zero-order chi connectivity index (χ0) is 38.0. The first-order valence-corrected chi connectivity index (χ1v) is 23.5. The maximum absolute atomic E-state index is 5.90. The molecule has 0 atom stereocenters. The van der Waals surface area contributed by atoms with Crippen molar-refractivity contribution in [1.29, 1.82) is 0 Å². The van der Waals surface area contributed by atoms with Crippen LogP contribution in [0.15, 0.2) is 133 Å². The van der Waals surface area contributed by atoms with Crippen LogP contribution < -0.4 is 53.5 Å². The van der Waals surface area contributed by atoms with Crippen LogP contribution in [0.4, 0.5) is 0 Å². The Morgan fingerprint density at radius 3 is 1.09 bits per heavy atom. The van der Waals surface area contributed by atoms with Crippen LogP contribution in [-0.4, -0.2) is 10.3 Å². The van der Waals surface area contributed by atoms with Gasteiger partial charge in [0.05, 0.1) is 0 Å². The molecule has 0 aromatic heterocycles. The van der Waals surface area contributed by atoms with E-state index in [4.69, 9.17) is 11.6 Å². The molecule has 0 bridgehead atoms. The number of fused-ring (bicyclic) bond motifs is 8. The monoisotopic (exact) mass is 1010 g/mol. The minimum atomic E-state index is -0.0151. The number of aryl methyl sites for hydroxylation is 4. The summed E-state index contributed by atoms with van der Waals surface area (Å²) in [6.45, 7) is 0. The first kappa shape index (κ1) is 44.1. The number of alkyl halides is 2. The van der Waals surface area contributed by atoms with Gasteiger partial charge in [0.1, 0.15) is 0 Å². The normalized spacial score (nSPS) is 14.9. The van der Waals surface area contributed by atoms with E-state index in [-0.39, 0.29) is 64.4 Å². The molecule has 0 fully saturated rings. The van der Waals surface area contributed by atoms with Crippen molar-refractivity contribution < 1.29 is 53.5 Å². The predicted octanol–water partition coefficient (Wildman–Crippen LogP) is 8.78. The Morgan fingerprint density at radius 1 is 0.414 bits per heavy atom. The Hall–Kier alpha value is -1.93. The third-order valence-electron chi connectivity index (χ3n) is 13.7. The second-order valence-corrected chi connectivity index (χ2v) is 18.1. The summed E-state index contributed by atoms with van der Waals surface area (Å²) in [4.78, 5) is 0. The van der Waals surface area contributed by atoms with E-state index in [2.05, 4.69) is 156 Å². The van der Waals surface area contributed by atoms with Gasteiger partial charge in [0.25, 0.3) is 0 Å². The third-order valence-corrected chi connectivity index (χ3v) is 14.8. The van der Waals surface area contributed by atoms with E-state index < -0.39 is 0 Å². The van der Waals surface area contributed by atoms with Crippen LogP contribution in [0.2, 0.25) is 0 Å². The van der Waals surface area contributed by atoms with E-state index in [9.17, 15) is 0 Å². The quantitative estimate of drug-likeness (QED) is 0.0444. The molecule has 6 aromatic carbocycles. The summed E-state index contributed by atoms with van der Waals surface area (Å²) in [5, 5.41) is 0. The van der Waals surface area contributed by atoms with E-state index in [0.717, 1.165) is 12.3 Å². The number of halogens is 3. The zero-order valence-corrected chi connectivity index (χ0v) is 41.2. The molecule has 4 heteroatoms. The molecule has 0 amide bonds. The molecule has 0 unspecified atom stereocenters. The van der Waals surface area contributed by atoms with Gasteiger partial charge in [0.15, 0.2) is 0 Å². The van der Waals surface area contributed by atoms with Gasteiger partial charge in [-0.1, -0.05) is 195 Å². The molecule has 0 saturated carbocycles. The topological polar surface area (TPSA) is 0 Å². The predicted molar refractivity (Wildman–Crippen MR) is 247 cm³/mol. The summed E-state index contributed by atoms with van der Waals surface area (Å²) < 4.78 is 1.28. The maximum Gasteiger partial charge on any atom is 1.00 e. The van der Waals surface area contributed by atoms with Crippen LogP contribution in [0.25, 0.3) is 22.3 Å². The first-order chi connectivity index (χ1) is 27.7. The molecule has 0 N–H and O–H groups in total. The van der Waals surface area contributed by atoms with Crippen molar-refractivity contribution in [2.24, 2.45) is 0 Å². The zero-order valence-electron chi connectivity index (χ0n) is 34.1. The Labute approximate surface area is 405 Å². The second-order valence-electron chi connectivity index (χ2n) is 16.7. The summed E-state index contributed by atoms with van der Waals surface area (Å²) in [6.07, 6.45) is 17.5. The molecule has 4 aliphatic rings. The minimum absolute atomic E-state index is 0. The van der Waals surface area contributed by atoms with Crippen molar-refractivity contribution in [3.05, 3.63) is 189 Å². The minimum Gasteiger partial charge on any atom is -1.00 e. The van der Waals surface area contributed by atoms with Crippen LogP contribution in [0.3, 0.4) is 0 Å². The van der Waals surface area contributed by atoms with E-state index >= 15 is 0 Å². The van der Waals surface area contributed by atoms with Crippen molar-refractivity contribution in [2.45, 2.75) is 101 Å². The van der Waals surface area contributed by atoms with Gasteiger partial charge in [-0.3, -0.25) is 0 Å².